The Labute approximate surface area is 139 Å². The molecular weight excluding hydrogens is 367 g/mol. The van der Waals surface area contributed by atoms with Gasteiger partial charge in [0.1, 0.15) is 0 Å². The van der Waals surface area contributed by atoms with Crippen LogP contribution in [-0.4, -0.2) is 62.8 Å². The van der Waals surface area contributed by atoms with Gasteiger partial charge in [0.2, 0.25) is 0 Å². The van der Waals surface area contributed by atoms with Crippen molar-refractivity contribution in [3.63, 3.8) is 0 Å². The smallest absolute Gasteiger partial charge is 0.191 e. The lowest BCUT2D eigenvalue weighted by Gasteiger charge is -2.23. The fraction of sp³-hybridized carbons (Fsp3) is 0.929. The molecule has 0 aromatic rings. The zero-order valence-electron chi connectivity index (χ0n) is 12.7. The van der Waals surface area contributed by atoms with Crippen LogP contribution >= 0.6 is 24.0 Å². The predicted octanol–water partition coefficient (Wildman–Crippen LogP) is 1.43. The van der Waals surface area contributed by atoms with Gasteiger partial charge in [0, 0.05) is 32.3 Å². The molecule has 2 fully saturated rings. The topological polar surface area (TPSA) is 48.9 Å². The summed E-state index contributed by atoms with van der Waals surface area (Å²) in [6.45, 7) is 6.98. The maximum atomic E-state index is 5.17. The molecule has 5 nitrogen and oxygen atoms in total. The molecule has 118 valence electrons. The minimum Gasteiger partial charge on any atom is -0.383 e. The summed E-state index contributed by atoms with van der Waals surface area (Å²) in [5.74, 6) is 0.989. The Morgan fingerprint density at radius 1 is 1.35 bits per heavy atom. The van der Waals surface area contributed by atoms with Crippen LogP contribution < -0.4 is 10.6 Å². The van der Waals surface area contributed by atoms with E-state index in [1.807, 2.05) is 0 Å². The van der Waals surface area contributed by atoms with Gasteiger partial charge >= 0.3 is 0 Å². The number of likely N-dealkylation sites (tertiary alicyclic amines) is 1. The number of ether oxygens (including phenoxy) is 1. The number of guanidine groups is 1. The van der Waals surface area contributed by atoms with Gasteiger partial charge in [-0.25, -0.2) is 0 Å². The maximum absolute atomic E-state index is 5.17. The van der Waals surface area contributed by atoms with Crippen LogP contribution in [-0.2, 0) is 4.74 Å². The number of hydrogen-bond donors (Lipinski definition) is 2. The van der Waals surface area contributed by atoms with Crippen LogP contribution in [0.5, 0.6) is 0 Å². The number of rotatable bonds is 7. The largest absolute Gasteiger partial charge is 0.383 e. The minimum absolute atomic E-state index is 0. The normalized spacial score (nSPS) is 23.5. The van der Waals surface area contributed by atoms with E-state index in [-0.39, 0.29) is 24.0 Å². The number of hydrogen-bond acceptors (Lipinski definition) is 3. The zero-order chi connectivity index (χ0) is 13.5. The highest BCUT2D eigenvalue weighted by atomic mass is 127. The Hall–Kier alpha value is -0.0800. The molecule has 0 amide bonds. The monoisotopic (exact) mass is 396 g/mol. The first kappa shape index (κ1) is 18.0. The summed E-state index contributed by atoms with van der Waals surface area (Å²) in [6.07, 6.45) is 5.12. The maximum Gasteiger partial charge on any atom is 0.191 e. The second kappa shape index (κ2) is 9.78. The molecule has 2 aliphatic rings. The SMILES string of the molecule is CCNC(=NCC1CCCN1CCOC)NC1CC1.I. The molecule has 1 aliphatic carbocycles. The summed E-state index contributed by atoms with van der Waals surface area (Å²) in [4.78, 5) is 7.25. The van der Waals surface area contributed by atoms with Crippen LogP contribution in [0.15, 0.2) is 4.99 Å². The summed E-state index contributed by atoms with van der Waals surface area (Å²) in [5, 5.41) is 6.80. The molecular formula is C14H29IN4O. The van der Waals surface area contributed by atoms with Crippen molar-refractivity contribution in [1.82, 2.24) is 15.5 Å². The number of nitrogens with one attached hydrogen (secondary N) is 2. The molecule has 0 aromatic carbocycles. The lowest BCUT2D eigenvalue weighted by atomic mass is 10.2. The Kier molecular flexibility index (Phi) is 8.79. The quantitative estimate of drug-likeness (QED) is 0.389. The van der Waals surface area contributed by atoms with E-state index in [9.17, 15) is 0 Å². The van der Waals surface area contributed by atoms with E-state index in [0.717, 1.165) is 32.2 Å². The standard InChI is InChI=1S/C14H28N4O.HI/c1-3-15-14(17-12-6-7-12)16-11-13-5-4-8-18(13)9-10-19-2;/h12-13H,3-11H2,1-2H3,(H2,15,16,17);1H. The Bertz CT molecular complexity index is 297. The molecule has 1 saturated carbocycles. The van der Waals surface area contributed by atoms with Crippen molar-refractivity contribution in [1.29, 1.82) is 0 Å². The van der Waals surface area contributed by atoms with Crippen molar-refractivity contribution in [2.24, 2.45) is 4.99 Å². The highest BCUT2D eigenvalue weighted by Gasteiger charge is 2.25. The Morgan fingerprint density at radius 3 is 2.80 bits per heavy atom. The number of aliphatic imine (C=N–C) groups is 1. The fourth-order valence-corrected chi connectivity index (χ4v) is 2.54. The van der Waals surface area contributed by atoms with Crippen molar-refractivity contribution < 1.29 is 4.74 Å². The second-order valence-electron chi connectivity index (χ2n) is 5.46. The van der Waals surface area contributed by atoms with Gasteiger partial charge in [-0.05, 0) is 39.2 Å². The third-order valence-corrected chi connectivity index (χ3v) is 3.80. The number of halogens is 1. The van der Waals surface area contributed by atoms with Gasteiger partial charge in [-0.1, -0.05) is 0 Å². The van der Waals surface area contributed by atoms with E-state index in [0.29, 0.717) is 12.1 Å². The molecule has 1 unspecified atom stereocenters. The Morgan fingerprint density at radius 2 is 2.15 bits per heavy atom. The molecule has 0 bridgehead atoms. The summed E-state index contributed by atoms with van der Waals surface area (Å²) in [7, 11) is 1.77. The first-order chi connectivity index (χ1) is 9.33. The average Bonchev–Trinajstić information content (AvgIpc) is 3.11. The summed E-state index contributed by atoms with van der Waals surface area (Å²) in [5.41, 5.74) is 0. The van der Waals surface area contributed by atoms with E-state index in [2.05, 4.69) is 22.5 Å². The van der Waals surface area contributed by atoms with Gasteiger partial charge < -0.3 is 15.4 Å². The molecule has 20 heavy (non-hydrogen) atoms. The van der Waals surface area contributed by atoms with Crippen LogP contribution in [0.25, 0.3) is 0 Å². The molecule has 0 radical (unpaired) electrons. The summed E-state index contributed by atoms with van der Waals surface area (Å²) < 4.78 is 5.17. The van der Waals surface area contributed by atoms with Gasteiger partial charge in [-0.3, -0.25) is 9.89 Å². The van der Waals surface area contributed by atoms with E-state index >= 15 is 0 Å². The van der Waals surface area contributed by atoms with E-state index in [1.54, 1.807) is 7.11 Å². The van der Waals surface area contributed by atoms with Crippen LogP contribution in [0.1, 0.15) is 32.6 Å². The first-order valence-electron chi connectivity index (χ1n) is 7.61. The molecule has 0 aromatic heterocycles. The first-order valence-corrected chi connectivity index (χ1v) is 7.61. The highest BCUT2D eigenvalue weighted by Crippen LogP contribution is 2.19. The summed E-state index contributed by atoms with van der Waals surface area (Å²) >= 11 is 0. The molecule has 1 saturated heterocycles. The molecule has 1 atom stereocenters. The molecule has 1 heterocycles. The molecule has 1 aliphatic heterocycles. The number of methoxy groups -OCH3 is 1. The van der Waals surface area contributed by atoms with Gasteiger partial charge in [0.15, 0.2) is 5.96 Å². The molecule has 6 heteroatoms. The average molecular weight is 396 g/mol. The minimum atomic E-state index is 0. The predicted molar refractivity (Wildman–Crippen MR) is 94.0 cm³/mol. The van der Waals surface area contributed by atoms with Crippen LogP contribution in [0.3, 0.4) is 0 Å². The van der Waals surface area contributed by atoms with E-state index in [4.69, 9.17) is 9.73 Å². The molecule has 0 spiro atoms. The van der Waals surface area contributed by atoms with Crippen LogP contribution in [0.2, 0.25) is 0 Å². The van der Waals surface area contributed by atoms with Gasteiger partial charge in [-0.15, -0.1) is 24.0 Å². The van der Waals surface area contributed by atoms with Gasteiger partial charge in [0.05, 0.1) is 13.2 Å². The van der Waals surface area contributed by atoms with E-state index < -0.39 is 0 Å². The Balaban J connectivity index is 0.00000200. The fourth-order valence-electron chi connectivity index (χ4n) is 2.54. The highest BCUT2D eigenvalue weighted by molar-refractivity contribution is 14.0. The van der Waals surface area contributed by atoms with E-state index in [1.165, 1.54) is 32.2 Å². The second-order valence-corrected chi connectivity index (χ2v) is 5.46. The molecule has 2 rings (SSSR count). The van der Waals surface area contributed by atoms with Crippen LogP contribution in [0.4, 0.5) is 0 Å². The van der Waals surface area contributed by atoms with Gasteiger partial charge in [0.25, 0.3) is 0 Å². The van der Waals surface area contributed by atoms with Crippen molar-refractivity contribution in [2.45, 2.75) is 44.7 Å². The molecule has 2 N–H and O–H groups in total. The van der Waals surface area contributed by atoms with Crippen molar-refractivity contribution in [3.05, 3.63) is 0 Å². The van der Waals surface area contributed by atoms with Crippen molar-refractivity contribution in [3.8, 4) is 0 Å². The van der Waals surface area contributed by atoms with Crippen molar-refractivity contribution in [2.75, 3.05) is 39.9 Å². The number of nitrogens with zero attached hydrogens (tertiary/aromatic N) is 2. The van der Waals surface area contributed by atoms with Crippen LogP contribution in [0, 0.1) is 0 Å². The summed E-state index contributed by atoms with van der Waals surface area (Å²) in [6, 6.07) is 1.25. The third kappa shape index (κ3) is 6.13. The lowest BCUT2D eigenvalue weighted by molar-refractivity contribution is 0.142. The third-order valence-electron chi connectivity index (χ3n) is 3.80. The zero-order valence-corrected chi connectivity index (χ0v) is 15.1. The van der Waals surface area contributed by atoms with Crippen molar-refractivity contribution >= 4 is 29.9 Å². The lowest BCUT2D eigenvalue weighted by Crippen LogP contribution is -2.40. The van der Waals surface area contributed by atoms with Gasteiger partial charge in [-0.2, -0.15) is 0 Å².